The highest BCUT2D eigenvalue weighted by Crippen LogP contribution is 2.26. The van der Waals surface area contributed by atoms with E-state index in [2.05, 4.69) is 10.1 Å². The van der Waals surface area contributed by atoms with Crippen LogP contribution in [-0.4, -0.2) is 41.1 Å². The predicted molar refractivity (Wildman–Crippen MR) is 105 cm³/mol. The van der Waals surface area contributed by atoms with E-state index in [1.165, 1.54) is 0 Å². The number of carbonyl (C=O) groups excluding carboxylic acids is 1. The fourth-order valence-corrected chi connectivity index (χ4v) is 3.62. The molecule has 0 unspecified atom stereocenters. The van der Waals surface area contributed by atoms with Crippen molar-refractivity contribution in [3.63, 3.8) is 0 Å². The lowest BCUT2D eigenvalue weighted by Gasteiger charge is -2.31. The molecule has 1 aliphatic rings. The summed E-state index contributed by atoms with van der Waals surface area (Å²) < 4.78 is 10.8. The summed E-state index contributed by atoms with van der Waals surface area (Å²) in [6, 6.07) is 17.2. The molecule has 1 aliphatic heterocycles. The van der Waals surface area contributed by atoms with E-state index in [1.54, 1.807) is 7.11 Å². The number of carbonyl (C=O) groups is 1. The van der Waals surface area contributed by atoms with Gasteiger partial charge in [-0.1, -0.05) is 47.6 Å². The van der Waals surface area contributed by atoms with Crippen molar-refractivity contribution in [2.75, 3.05) is 20.2 Å². The molecule has 6 heteroatoms. The Morgan fingerprint density at radius 1 is 1.11 bits per heavy atom. The minimum Gasteiger partial charge on any atom is -0.496 e. The molecular formula is C22H23N3O3. The second-order valence-electron chi connectivity index (χ2n) is 7.02. The molecule has 0 N–H and O–H groups in total. The molecule has 144 valence electrons. The van der Waals surface area contributed by atoms with E-state index < -0.39 is 0 Å². The van der Waals surface area contributed by atoms with Gasteiger partial charge in [0.05, 0.1) is 12.7 Å². The largest absolute Gasteiger partial charge is 0.496 e. The van der Waals surface area contributed by atoms with Gasteiger partial charge in [0.2, 0.25) is 11.7 Å². The molecule has 0 bridgehead atoms. The molecule has 1 aromatic heterocycles. The monoisotopic (exact) mass is 377 g/mol. The van der Waals surface area contributed by atoms with Gasteiger partial charge in [0, 0.05) is 25.1 Å². The van der Waals surface area contributed by atoms with Gasteiger partial charge in [0.15, 0.2) is 0 Å². The number of rotatable bonds is 5. The molecule has 6 nitrogen and oxygen atoms in total. The maximum absolute atomic E-state index is 12.8. The van der Waals surface area contributed by atoms with E-state index in [1.807, 2.05) is 59.5 Å². The van der Waals surface area contributed by atoms with Gasteiger partial charge in [-0.05, 0) is 30.9 Å². The molecule has 0 saturated carbocycles. The van der Waals surface area contributed by atoms with Crippen molar-refractivity contribution >= 4 is 5.91 Å². The number of hydrogen-bond acceptors (Lipinski definition) is 5. The van der Waals surface area contributed by atoms with Crippen molar-refractivity contribution in [1.29, 1.82) is 0 Å². The van der Waals surface area contributed by atoms with Gasteiger partial charge in [-0.15, -0.1) is 0 Å². The molecule has 1 saturated heterocycles. The smallest absolute Gasteiger partial charge is 0.257 e. The first-order valence-electron chi connectivity index (χ1n) is 9.55. The second-order valence-corrected chi connectivity index (χ2v) is 7.02. The number of methoxy groups -OCH3 is 1. The molecule has 2 heterocycles. The average Bonchev–Trinajstić information content (AvgIpc) is 3.23. The zero-order valence-electron chi connectivity index (χ0n) is 15.9. The normalized spacial score (nSPS) is 14.8. The maximum Gasteiger partial charge on any atom is 0.257 e. The van der Waals surface area contributed by atoms with Crippen LogP contribution in [0.15, 0.2) is 59.1 Å². The number of amides is 1. The van der Waals surface area contributed by atoms with Crippen LogP contribution in [0.4, 0.5) is 0 Å². The van der Waals surface area contributed by atoms with Crippen LogP contribution < -0.4 is 4.74 Å². The van der Waals surface area contributed by atoms with Gasteiger partial charge in [-0.2, -0.15) is 4.98 Å². The molecule has 1 fully saturated rings. The molecule has 0 atom stereocenters. The Kier molecular flexibility index (Phi) is 5.37. The molecular weight excluding hydrogens is 354 g/mol. The Morgan fingerprint density at radius 2 is 1.82 bits per heavy atom. The van der Waals surface area contributed by atoms with E-state index in [0.717, 1.165) is 37.9 Å². The van der Waals surface area contributed by atoms with Gasteiger partial charge in [-0.3, -0.25) is 4.79 Å². The third-order valence-corrected chi connectivity index (χ3v) is 5.20. The number of likely N-dealkylation sites (tertiary alicyclic amines) is 1. The Hall–Kier alpha value is -3.15. The molecule has 0 radical (unpaired) electrons. The fourth-order valence-electron chi connectivity index (χ4n) is 3.62. The van der Waals surface area contributed by atoms with E-state index in [0.29, 0.717) is 28.9 Å². The van der Waals surface area contributed by atoms with Crippen LogP contribution in [-0.2, 0) is 6.42 Å². The van der Waals surface area contributed by atoms with Gasteiger partial charge in [-0.25, -0.2) is 0 Å². The highest BCUT2D eigenvalue weighted by molar-refractivity contribution is 5.97. The lowest BCUT2D eigenvalue weighted by molar-refractivity contribution is 0.0684. The Balaban J connectivity index is 1.35. The lowest BCUT2D eigenvalue weighted by Crippen LogP contribution is -2.39. The minimum atomic E-state index is 0.0278. The fraction of sp³-hybridized carbons (Fsp3) is 0.318. The number of aromatic nitrogens is 2. The standard InChI is InChI=1S/C22H23N3O3/c1-27-19-10-6-5-9-18(19)22(26)25-13-11-16(12-14-25)15-20-23-21(24-28-20)17-7-3-2-4-8-17/h2-10,16H,11-15H2,1H3. The van der Waals surface area contributed by atoms with Gasteiger partial charge >= 0.3 is 0 Å². The zero-order chi connectivity index (χ0) is 19.3. The average molecular weight is 377 g/mol. The summed E-state index contributed by atoms with van der Waals surface area (Å²) in [5.74, 6) is 2.37. The Labute approximate surface area is 164 Å². The topological polar surface area (TPSA) is 68.5 Å². The van der Waals surface area contributed by atoms with Crippen LogP contribution in [0.3, 0.4) is 0 Å². The SMILES string of the molecule is COc1ccccc1C(=O)N1CCC(Cc2nc(-c3ccccc3)no2)CC1. The van der Waals surface area contributed by atoms with E-state index >= 15 is 0 Å². The summed E-state index contributed by atoms with van der Waals surface area (Å²) in [5.41, 5.74) is 1.57. The maximum atomic E-state index is 12.8. The zero-order valence-corrected chi connectivity index (χ0v) is 15.9. The highest BCUT2D eigenvalue weighted by Gasteiger charge is 2.26. The van der Waals surface area contributed by atoms with Crippen molar-refractivity contribution in [1.82, 2.24) is 15.0 Å². The van der Waals surface area contributed by atoms with Crippen molar-refractivity contribution in [3.05, 3.63) is 66.1 Å². The summed E-state index contributed by atoms with van der Waals surface area (Å²) in [4.78, 5) is 19.2. The summed E-state index contributed by atoms with van der Waals surface area (Å²) in [7, 11) is 1.59. The first kappa shape index (κ1) is 18.2. The number of benzene rings is 2. The number of hydrogen-bond donors (Lipinski definition) is 0. The second kappa shape index (κ2) is 8.25. The molecule has 0 aliphatic carbocycles. The van der Waals surface area contributed by atoms with E-state index in [9.17, 15) is 4.79 Å². The van der Waals surface area contributed by atoms with E-state index in [4.69, 9.17) is 9.26 Å². The molecule has 2 aromatic carbocycles. The van der Waals surface area contributed by atoms with Crippen molar-refractivity contribution < 1.29 is 14.1 Å². The predicted octanol–water partition coefficient (Wildman–Crippen LogP) is 3.84. The molecule has 0 spiro atoms. The van der Waals surface area contributed by atoms with Crippen LogP contribution in [0, 0.1) is 5.92 Å². The highest BCUT2D eigenvalue weighted by atomic mass is 16.5. The van der Waals surface area contributed by atoms with Gasteiger partial charge in [0.1, 0.15) is 5.75 Å². The van der Waals surface area contributed by atoms with Gasteiger partial charge in [0.25, 0.3) is 5.91 Å². The third-order valence-electron chi connectivity index (χ3n) is 5.20. The third kappa shape index (κ3) is 3.91. The van der Waals surface area contributed by atoms with Crippen LogP contribution in [0.1, 0.15) is 29.1 Å². The van der Waals surface area contributed by atoms with E-state index in [-0.39, 0.29) is 5.91 Å². The Morgan fingerprint density at radius 3 is 2.57 bits per heavy atom. The first-order valence-corrected chi connectivity index (χ1v) is 9.55. The van der Waals surface area contributed by atoms with Crippen LogP contribution >= 0.6 is 0 Å². The molecule has 28 heavy (non-hydrogen) atoms. The molecule has 4 rings (SSSR count). The number of nitrogens with zero attached hydrogens (tertiary/aromatic N) is 3. The van der Waals surface area contributed by atoms with Crippen LogP contribution in [0.5, 0.6) is 5.75 Å². The Bertz CT molecular complexity index is 931. The molecule has 3 aromatic rings. The van der Waals surface area contributed by atoms with Crippen LogP contribution in [0.25, 0.3) is 11.4 Å². The summed E-state index contributed by atoms with van der Waals surface area (Å²) >= 11 is 0. The minimum absolute atomic E-state index is 0.0278. The molecule has 1 amide bonds. The van der Waals surface area contributed by atoms with Crippen molar-refractivity contribution in [2.45, 2.75) is 19.3 Å². The van der Waals surface area contributed by atoms with Crippen molar-refractivity contribution in [3.8, 4) is 17.1 Å². The number of ether oxygens (including phenoxy) is 1. The summed E-state index contributed by atoms with van der Waals surface area (Å²) in [6.45, 7) is 1.45. The number of piperidine rings is 1. The van der Waals surface area contributed by atoms with Crippen LogP contribution in [0.2, 0.25) is 0 Å². The number of para-hydroxylation sites is 1. The quantitative estimate of drug-likeness (QED) is 0.676. The summed E-state index contributed by atoms with van der Waals surface area (Å²) in [5, 5.41) is 4.09. The first-order chi connectivity index (χ1) is 13.7. The van der Waals surface area contributed by atoms with Crippen molar-refractivity contribution in [2.24, 2.45) is 5.92 Å². The summed E-state index contributed by atoms with van der Waals surface area (Å²) in [6.07, 6.45) is 2.59. The lowest BCUT2D eigenvalue weighted by atomic mass is 9.93. The van der Waals surface area contributed by atoms with Gasteiger partial charge < -0.3 is 14.2 Å².